The normalized spacial score (nSPS) is 18.0. The number of amides is 1. The van der Waals surface area contributed by atoms with Gasteiger partial charge in [0, 0.05) is 37.1 Å². The highest BCUT2D eigenvalue weighted by Gasteiger charge is 2.24. The van der Waals surface area contributed by atoms with E-state index in [0.29, 0.717) is 23.8 Å². The lowest BCUT2D eigenvalue weighted by Gasteiger charge is -2.29. The van der Waals surface area contributed by atoms with E-state index in [1.807, 2.05) is 36.7 Å². The predicted molar refractivity (Wildman–Crippen MR) is 97.1 cm³/mol. The minimum absolute atomic E-state index is 0.0625. The number of hydrogen-bond acceptors (Lipinski definition) is 2. The van der Waals surface area contributed by atoms with Crippen molar-refractivity contribution in [2.75, 3.05) is 13.1 Å². The summed E-state index contributed by atoms with van der Waals surface area (Å²) in [5, 5.41) is 10.0. The van der Waals surface area contributed by atoms with Crippen molar-refractivity contribution in [2.24, 2.45) is 12.2 Å². The minimum atomic E-state index is -1.43. The molecule has 8 heteroatoms. The summed E-state index contributed by atoms with van der Waals surface area (Å²) in [6.45, 7) is 3.19. The van der Waals surface area contributed by atoms with Gasteiger partial charge in [-0.25, -0.2) is 13.7 Å². The van der Waals surface area contributed by atoms with E-state index in [-0.39, 0.29) is 11.9 Å². The standard InChI is InChI=1S/C16H21ClN4O2S/c1-10-3-4-13-12(15(10)17)9-14(20(13)2)16(22)19-11-5-7-21(8-6-11)24(18)23/h3-4,9,11H,5-8,18H2,1-2H3,(H,19,22). The number of carbonyl (C=O) groups excluding carboxylic acids is 1. The fraction of sp³-hybridized carbons (Fsp3) is 0.438. The van der Waals surface area contributed by atoms with Gasteiger partial charge in [0.25, 0.3) is 5.91 Å². The van der Waals surface area contributed by atoms with Gasteiger partial charge in [0.2, 0.25) is 0 Å². The van der Waals surface area contributed by atoms with Crippen LogP contribution in [0.4, 0.5) is 0 Å². The predicted octanol–water partition coefficient (Wildman–Crippen LogP) is 1.87. The Morgan fingerprint density at radius 2 is 2.04 bits per heavy atom. The number of piperidine rings is 1. The van der Waals surface area contributed by atoms with Crippen LogP contribution in [0.2, 0.25) is 5.02 Å². The molecule has 0 spiro atoms. The number of hydrogen-bond donors (Lipinski definition) is 2. The molecule has 6 nitrogen and oxygen atoms in total. The second-order valence-corrected chi connectivity index (χ2v) is 7.62. The molecule has 1 fully saturated rings. The van der Waals surface area contributed by atoms with Crippen LogP contribution in [0.3, 0.4) is 0 Å². The molecule has 130 valence electrons. The molecular weight excluding hydrogens is 348 g/mol. The molecule has 3 rings (SSSR count). The highest BCUT2D eigenvalue weighted by atomic mass is 35.5. The summed E-state index contributed by atoms with van der Waals surface area (Å²) in [5.74, 6) is -0.116. The molecule has 0 aliphatic carbocycles. The van der Waals surface area contributed by atoms with E-state index >= 15 is 0 Å². The van der Waals surface area contributed by atoms with Gasteiger partial charge in [-0.3, -0.25) is 4.79 Å². The molecule has 2 aromatic rings. The van der Waals surface area contributed by atoms with E-state index in [0.717, 1.165) is 29.3 Å². The van der Waals surface area contributed by atoms with Crippen LogP contribution in [-0.2, 0) is 18.2 Å². The van der Waals surface area contributed by atoms with Gasteiger partial charge in [-0.15, -0.1) is 0 Å². The Balaban J connectivity index is 1.76. The van der Waals surface area contributed by atoms with Crippen LogP contribution < -0.4 is 10.5 Å². The number of halogens is 1. The molecule has 0 saturated carbocycles. The largest absolute Gasteiger partial charge is 0.348 e. The number of nitrogens with two attached hydrogens (primary N) is 1. The summed E-state index contributed by atoms with van der Waals surface area (Å²) in [4.78, 5) is 12.6. The quantitative estimate of drug-likeness (QED) is 0.867. The zero-order chi connectivity index (χ0) is 17.4. The van der Waals surface area contributed by atoms with Gasteiger partial charge in [-0.05, 0) is 37.5 Å². The number of rotatable bonds is 3. The maximum Gasteiger partial charge on any atom is 0.268 e. The summed E-state index contributed by atoms with van der Waals surface area (Å²) in [6.07, 6.45) is 1.47. The Bertz CT molecular complexity index is 812. The van der Waals surface area contributed by atoms with Crippen molar-refractivity contribution in [1.29, 1.82) is 0 Å². The molecule has 0 radical (unpaired) electrons. The molecular formula is C16H21ClN4O2S. The molecule has 0 bridgehead atoms. The molecule has 24 heavy (non-hydrogen) atoms. The van der Waals surface area contributed by atoms with E-state index in [1.54, 1.807) is 4.31 Å². The Hall–Kier alpha value is -1.41. The molecule has 1 aromatic carbocycles. The molecule has 3 N–H and O–H groups in total. The second kappa shape index (κ2) is 6.84. The van der Waals surface area contributed by atoms with Crippen molar-refractivity contribution in [1.82, 2.24) is 14.2 Å². The Kier molecular flexibility index (Phi) is 4.96. The highest BCUT2D eigenvalue weighted by molar-refractivity contribution is 7.80. The first-order valence-electron chi connectivity index (χ1n) is 7.85. The number of nitrogens with zero attached hydrogens (tertiary/aromatic N) is 2. The third kappa shape index (κ3) is 3.21. The van der Waals surface area contributed by atoms with Crippen molar-refractivity contribution in [3.8, 4) is 0 Å². The molecule has 1 aliphatic rings. The van der Waals surface area contributed by atoms with E-state index in [4.69, 9.17) is 16.7 Å². The summed E-state index contributed by atoms with van der Waals surface area (Å²) < 4.78 is 14.8. The first-order chi connectivity index (χ1) is 11.4. The lowest BCUT2D eigenvalue weighted by Crippen LogP contribution is -2.46. The number of carbonyl (C=O) groups is 1. The van der Waals surface area contributed by atoms with E-state index < -0.39 is 11.2 Å². The van der Waals surface area contributed by atoms with Gasteiger partial charge >= 0.3 is 0 Å². The number of fused-ring (bicyclic) bond motifs is 1. The maximum absolute atomic E-state index is 12.6. The first-order valence-corrected chi connectivity index (χ1v) is 9.40. The number of aromatic nitrogens is 1. The molecule has 1 unspecified atom stereocenters. The smallest absolute Gasteiger partial charge is 0.268 e. The van der Waals surface area contributed by atoms with Gasteiger partial charge in [0.05, 0.1) is 5.02 Å². The zero-order valence-electron chi connectivity index (χ0n) is 13.7. The van der Waals surface area contributed by atoms with Gasteiger partial charge in [0.15, 0.2) is 11.2 Å². The van der Waals surface area contributed by atoms with Crippen LogP contribution in [0, 0.1) is 6.92 Å². The molecule has 1 atom stereocenters. The topological polar surface area (TPSA) is 80.4 Å². The third-order valence-corrected chi connectivity index (χ3v) is 6.01. The molecule has 1 amide bonds. The minimum Gasteiger partial charge on any atom is -0.348 e. The molecule has 1 aromatic heterocycles. The van der Waals surface area contributed by atoms with Crippen molar-refractivity contribution >= 4 is 39.6 Å². The van der Waals surface area contributed by atoms with Crippen molar-refractivity contribution in [3.05, 3.63) is 34.5 Å². The fourth-order valence-electron chi connectivity index (χ4n) is 3.14. The van der Waals surface area contributed by atoms with E-state index in [9.17, 15) is 9.00 Å². The van der Waals surface area contributed by atoms with Crippen molar-refractivity contribution in [3.63, 3.8) is 0 Å². The van der Waals surface area contributed by atoms with E-state index in [1.165, 1.54) is 0 Å². The highest BCUT2D eigenvalue weighted by Crippen LogP contribution is 2.29. The van der Waals surface area contributed by atoms with Gasteiger partial charge in [-0.1, -0.05) is 17.7 Å². The second-order valence-electron chi connectivity index (χ2n) is 6.17. The average molecular weight is 369 g/mol. The maximum atomic E-state index is 12.6. The monoisotopic (exact) mass is 368 g/mol. The Labute approximate surface area is 148 Å². The Morgan fingerprint density at radius 1 is 1.38 bits per heavy atom. The van der Waals surface area contributed by atoms with Crippen LogP contribution in [0.5, 0.6) is 0 Å². The van der Waals surface area contributed by atoms with Crippen LogP contribution in [0.15, 0.2) is 18.2 Å². The summed E-state index contributed by atoms with van der Waals surface area (Å²) in [6, 6.07) is 5.83. The Morgan fingerprint density at radius 3 is 2.67 bits per heavy atom. The summed E-state index contributed by atoms with van der Waals surface area (Å²) >= 11 is 4.93. The molecule has 2 heterocycles. The number of benzene rings is 1. The lowest BCUT2D eigenvalue weighted by atomic mass is 10.1. The lowest BCUT2D eigenvalue weighted by molar-refractivity contribution is 0.0916. The number of aryl methyl sites for hydroxylation is 2. The van der Waals surface area contributed by atoms with Gasteiger partial charge < -0.3 is 9.88 Å². The summed E-state index contributed by atoms with van der Waals surface area (Å²) in [5.41, 5.74) is 2.51. The number of nitrogens with one attached hydrogen (secondary N) is 1. The fourth-order valence-corrected chi connectivity index (χ4v) is 3.93. The SMILES string of the molecule is Cc1ccc2c(cc(C(=O)NC3CCN(S(N)=O)CC3)n2C)c1Cl. The zero-order valence-corrected chi connectivity index (χ0v) is 15.3. The van der Waals surface area contributed by atoms with Crippen LogP contribution in [-0.4, -0.2) is 38.1 Å². The van der Waals surface area contributed by atoms with Crippen LogP contribution >= 0.6 is 11.6 Å². The molecule has 1 aliphatic heterocycles. The summed E-state index contributed by atoms with van der Waals surface area (Å²) in [7, 11) is 1.86. The van der Waals surface area contributed by atoms with Crippen LogP contribution in [0.25, 0.3) is 10.9 Å². The van der Waals surface area contributed by atoms with Crippen molar-refractivity contribution < 1.29 is 9.00 Å². The van der Waals surface area contributed by atoms with Gasteiger partial charge in [-0.2, -0.15) is 0 Å². The van der Waals surface area contributed by atoms with Crippen LogP contribution in [0.1, 0.15) is 28.9 Å². The molecule has 1 saturated heterocycles. The first kappa shape index (κ1) is 17.4. The van der Waals surface area contributed by atoms with Gasteiger partial charge in [0.1, 0.15) is 5.69 Å². The average Bonchev–Trinajstić information content (AvgIpc) is 2.89. The third-order valence-electron chi connectivity index (χ3n) is 4.63. The van der Waals surface area contributed by atoms with Crippen molar-refractivity contribution in [2.45, 2.75) is 25.8 Å². The van der Waals surface area contributed by atoms with E-state index in [2.05, 4.69) is 5.32 Å².